The average molecular weight is 376 g/mol. The van der Waals surface area contributed by atoms with Crippen LogP contribution in [0.3, 0.4) is 0 Å². The second kappa shape index (κ2) is 7.45. The molecule has 0 radical (unpaired) electrons. The van der Waals surface area contributed by atoms with E-state index in [1.54, 1.807) is 11.8 Å². The Balaban J connectivity index is 1.38. The molecule has 4 nitrogen and oxygen atoms in total. The number of thioether (sulfide) groups is 1. The number of benzene rings is 3. The molecule has 0 saturated heterocycles. The molecule has 0 saturated carbocycles. The van der Waals surface area contributed by atoms with E-state index >= 15 is 0 Å². The van der Waals surface area contributed by atoms with Crippen LogP contribution in [0.2, 0.25) is 0 Å². The highest BCUT2D eigenvalue weighted by atomic mass is 32.2. The molecule has 136 valence electrons. The second-order valence-electron chi connectivity index (χ2n) is 6.61. The number of carbonyl (C=O) groups is 2. The summed E-state index contributed by atoms with van der Waals surface area (Å²) in [5.74, 6) is 0.376. The first-order valence-corrected chi connectivity index (χ1v) is 9.91. The van der Waals surface area contributed by atoms with Gasteiger partial charge in [-0.1, -0.05) is 30.3 Å². The van der Waals surface area contributed by atoms with Gasteiger partial charge in [0.05, 0.1) is 5.75 Å². The molecule has 1 heterocycles. The van der Waals surface area contributed by atoms with Gasteiger partial charge in [-0.3, -0.25) is 9.59 Å². The van der Waals surface area contributed by atoms with Crippen molar-refractivity contribution >= 4 is 45.7 Å². The van der Waals surface area contributed by atoms with Gasteiger partial charge in [0, 0.05) is 29.7 Å². The Labute approximate surface area is 162 Å². The van der Waals surface area contributed by atoms with E-state index in [4.69, 9.17) is 0 Å². The fourth-order valence-electron chi connectivity index (χ4n) is 3.41. The highest BCUT2D eigenvalue weighted by Crippen LogP contribution is 2.30. The van der Waals surface area contributed by atoms with E-state index in [1.807, 2.05) is 36.4 Å². The molecule has 0 aliphatic carbocycles. The smallest absolute Gasteiger partial charge is 0.234 e. The first-order chi connectivity index (χ1) is 13.1. The van der Waals surface area contributed by atoms with Crippen LogP contribution in [0.25, 0.3) is 10.8 Å². The number of fused-ring (bicyclic) bond motifs is 2. The van der Waals surface area contributed by atoms with Crippen LogP contribution in [0.15, 0.2) is 65.6 Å². The standard InChI is InChI=1S/C22H20N2O2S/c1-15(25)24-11-10-18-12-19(7-9-21(18)24)23-22(26)14-27-20-8-6-16-4-2-3-5-17(16)13-20/h2-9,12-13H,10-11,14H2,1H3,(H,23,26). The lowest BCUT2D eigenvalue weighted by atomic mass is 10.1. The molecule has 0 atom stereocenters. The van der Waals surface area contributed by atoms with Crippen LogP contribution in [0.1, 0.15) is 12.5 Å². The van der Waals surface area contributed by atoms with Crippen molar-refractivity contribution in [3.8, 4) is 0 Å². The molecule has 0 unspecified atom stereocenters. The highest BCUT2D eigenvalue weighted by Gasteiger charge is 2.22. The third-order valence-electron chi connectivity index (χ3n) is 4.73. The zero-order valence-electron chi connectivity index (χ0n) is 15.1. The fourth-order valence-corrected chi connectivity index (χ4v) is 4.15. The van der Waals surface area contributed by atoms with Crippen molar-refractivity contribution in [3.05, 3.63) is 66.2 Å². The number of carbonyl (C=O) groups excluding carboxylic acids is 2. The summed E-state index contributed by atoms with van der Waals surface area (Å²) >= 11 is 1.53. The molecule has 2 amide bonds. The number of hydrogen-bond donors (Lipinski definition) is 1. The molecule has 3 aromatic carbocycles. The number of rotatable bonds is 4. The van der Waals surface area contributed by atoms with Gasteiger partial charge < -0.3 is 10.2 Å². The molecule has 0 aromatic heterocycles. The molecular formula is C22H20N2O2S. The molecular weight excluding hydrogens is 356 g/mol. The molecule has 1 aliphatic rings. The van der Waals surface area contributed by atoms with E-state index < -0.39 is 0 Å². The normalized spacial score (nSPS) is 12.9. The van der Waals surface area contributed by atoms with E-state index in [-0.39, 0.29) is 11.8 Å². The maximum Gasteiger partial charge on any atom is 0.234 e. The summed E-state index contributed by atoms with van der Waals surface area (Å²) in [5, 5.41) is 5.34. The van der Waals surface area contributed by atoms with Crippen LogP contribution in [-0.4, -0.2) is 24.1 Å². The number of nitrogens with zero attached hydrogens (tertiary/aromatic N) is 1. The fraction of sp³-hybridized carbons (Fsp3) is 0.182. The Kier molecular flexibility index (Phi) is 4.86. The average Bonchev–Trinajstić information content (AvgIpc) is 3.10. The van der Waals surface area contributed by atoms with Crippen molar-refractivity contribution in [1.82, 2.24) is 0 Å². The monoisotopic (exact) mass is 376 g/mol. The van der Waals surface area contributed by atoms with Crippen LogP contribution in [0.5, 0.6) is 0 Å². The minimum absolute atomic E-state index is 0.0328. The van der Waals surface area contributed by atoms with Gasteiger partial charge in [-0.05, 0) is 53.1 Å². The van der Waals surface area contributed by atoms with E-state index in [2.05, 4.69) is 29.6 Å². The number of anilines is 2. The summed E-state index contributed by atoms with van der Waals surface area (Å²) in [7, 11) is 0. The van der Waals surface area contributed by atoms with Crippen LogP contribution in [0.4, 0.5) is 11.4 Å². The first kappa shape index (κ1) is 17.6. The Morgan fingerprint density at radius 3 is 2.67 bits per heavy atom. The van der Waals surface area contributed by atoms with Crippen molar-refractivity contribution in [2.75, 3.05) is 22.5 Å². The van der Waals surface area contributed by atoms with Crippen molar-refractivity contribution in [2.24, 2.45) is 0 Å². The van der Waals surface area contributed by atoms with E-state index in [9.17, 15) is 9.59 Å². The summed E-state index contributed by atoms with van der Waals surface area (Å²) in [6, 6.07) is 20.2. The lowest BCUT2D eigenvalue weighted by Gasteiger charge is -2.15. The van der Waals surface area contributed by atoms with Gasteiger partial charge in [-0.15, -0.1) is 11.8 Å². The van der Waals surface area contributed by atoms with Gasteiger partial charge in [0.1, 0.15) is 0 Å². The molecule has 0 bridgehead atoms. The Morgan fingerprint density at radius 1 is 1.04 bits per heavy atom. The lowest BCUT2D eigenvalue weighted by Crippen LogP contribution is -2.25. The van der Waals surface area contributed by atoms with Gasteiger partial charge >= 0.3 is 0 Å². The van der Waals surface area contributed by atoms with Crippen molar-refractivity contribution in [2.45, 2.75) is 18.2 Å². The second-order valence-corrected chi connectivity index (χ2v) is 7.66. The van der Waals surface area contributed by atoms with Crippen molar-refractivity contribution < 1.29 is 9.59 Å². The molecule has 3 aromatic rings. The molecule has 0 spiro atoms. The van der Waals surface area contributed by atoms with Gasteiger partial charge in [0.25, 0.3) is 0 Å². The van der Waals surface area contributed by atoms with Crippen molar-refractivity contribution in [1.29, 1.82) is 0 Å². The first-order valence-electron chi connectivity index (χ1n) is 8.93. The summed E-state index contributed by atoms with van der Waals surface area (Å²) < 4.78 is 0. The topological polar surface area (TPSA) is 49.4 Å². The largest absolute Gasteiger partial charge is 0.325 e. The minimum atomic E-state index is -0.0328. The number of hydrogen-bond acceptors (Lipinski definition) is 3. The van der Waals surface area contributed by atoms with Gasteiger partial charge in [0.15, 0.2) is 0 Å². The molecule has 27 heavy (non-hydrogen) atoms. The number of amides is 2. The van der Waals surface area contributed by atoms with Crippen molar-refractivity contribution in [3.63, 3.8) is 0 Å². The molecule has 1 aliphatic heterocycles. The zero-order valence-corrected chi connectivity index (χ0v) is 15.9. The van der Waals surface area contributed by atoms with Gasteiger partial charge in [-0.25, -0.2) is 0 Å². The van der Waals surface area contributed by atoms with E-state index in [1.165, 1.54) is 22.5 Å². The molecule has 0 fully saturated rings. The van der Waals surface area contributed by atoms with Gasteiger partial charge in [0.2, 0.25) is 11.8 Å². The quantitative estimate of drug-likeness (QED) is 0.683. The third-order valence-corrected chi connectivity index (χ3v) is 5.72. The van der Waals surface area contributed by atoms with E-state index in [0.29, 0.717) is 12.3 Å². The predicted molar refractivity (Wildman–Crippen MR) is 111 cm³/mol. The molecule has 4 rings (SSSR count). The third kappa shape index (κ3) is 3.83. The van der Waals surface area contributed by atoms with Crippen LogP contribution in [-0.2, 0) is 16.0 Å². The molecule has 5 heteroatoms. The summed E-state index contributed by atoms with van der Waals surface area (Å²) in [6.07, 6.45) is 0.824. The summed E-state index contributed by atoms with van der Waals surface area (Å²) in [4.78, 5) is 26.8. The maximum absolute atomic E-state index is 12.3. The number of nitrogens with one attached hydrogen (secondary N) is 1. The Morgan fingerprint density at radius 2 is 1.85 bits per heavy atom. The highest BCUT2D eigenvalue weighted by molar-refractivity contribution is 8.00. The van der Waals surface area contributed by atoms with Crippen LogP contribution < -0.4 is 10.2 Å². The zero-order chi connectivity index (χ0) is 18.8. The Bertz CT molecular complexity index is 1030. The van der Waals surface area contributed by atoms with Crippen LogP contribution in [0, 0.1) is 0 Å². The minimum Gasteiger partial charge on any atom is -0.325 e. The SMILES string of the molecule is CC(=O)N1CCc2cc(NC(=O)CSc3ccc4ccccc4c3)ccc21. The van der Waals surface area contributed by atoms with Crippen LogP contribution >= 0.6 is 11.8 Å². The lowest BCUT2D eigenvalue weighted by molar-refractivity contribution is -0.116. The Hall–Kier alpha value is -2.79. The summed E-state index contributed by atoms with van der Waals surface area (Å²) in [5.41, 5.74) is 2.83. The maximum atomic E-state index is 12.3. The van der Waals surface area contributed by atoms with Gasteiger partial charge in [-0.2, -0.15) is 0 Å². The molecule has 1 N–H and O–H groups in total. The predicted octanol–water partition coefficient (Wildman–Crippen LogP) is 4.48. The van der Waals surface area contributed by atoms with E-state index in [0.717, 1.165) is 28.3 Å². The summed E-state index contributed by atoms with van der Waals surface area (Å²) in [6.45, 7) is 2.29.